The lowest BCUT2D eigenvalue weighted by atomic mass is 9.76. The zero-order valence-electron chi connectivity index (χ0n) is 9.65. The number of halogens is 1. The molecule has 3 nitrogen and oxygen atoms in total. The molecule has 0 amide bonds. The van der Waals surface area contributed by atoms with Crippen LogP contribution in [-0.2, 0) is 4.79 Å². The van der Waals surface area contributed by atoms with Gasteiger partial charge in [0.25, 0.3) is 0 Å². The van der Waals surface area contributed by atoms with Crippen LogP contribution in [-0.4, -0.2) is 23.7 Å². The fraction of sp³-hybridized carbons (Fsp3) is 0.917. The summed E-state index contributed by atoms with van der Waals surface area (Å²) in [5.41, 5.74) is 0. The van der Waals surface area contributed by atoms with E-state index in [2.05, 4.69) is 5.32 Å². The van der Waals surface area contributed by atoms with Gasteiger partial charge in [0.05, 0.1) is 5.92 Å². The highest BCUT2D eigenvalue weighted by atomic mass is 35.5. The van der Waals surface area contributed by atoms with Gasteiger partial charge in [-0.05, 0) is 51.0 Å². The maximum absolute atomic E-state index is 10.8. The fourth-order valence-corrected chi connectivity index (χ4v) is 3.05. The first kappa shape index (κ1) is 13.8. The second kappa shape index (κ2) is 6.45. The predicted octanol–water partition coefficient (Wildman–Crippen LogP) is 2.44. The van der Waals surface area contributed by atoms with Gasteiger partial charge in [0.15, 0.2) is 0 Å². The van der Waals surface area contributed by atoms with Crippen molar-refractivity contribution in [2.75, 3.05) is 6.54 Å². The summed E-state index contributed by atoms with van der Waals surface area (Å²) >= 11 is 0. The molecule has 0 bridgehead atoms. The lowest BCUT2D eigenvalue weighted by Crippen LogP contribution is -2.41. The van der Waals surface area contributed by atoms with Crippen LogP contribution in [0, 0.1) is 11.8 Å². The second-order valence-corrected chi connectivity index (χ2v) is 5.01. The Kier molecular flexibility index (Phi) is 5.56. The summed E-state index contributed by atoms with van der Waals surface area (Å²) in [4.78, 5) is 10.8. The molecule has 0 radical (unpaired) electrons. The van der Waals surface area contributed by atoms with Gasteiger partial charge in [-0.1, -0.05) is 6.42 Å². The SMILES string of the molecule is Cl.O=C(O)C1CCC(C2CCCCN2)CC1. The van der Waals surface area contributed by atoms with E-state index in [-0.39, 0.29) is 18.3 Å². The Morgan fingerprint density at radius 1 is 1.06 bits per heavy atom. The number of aliphatic carboxylic acids is 1. The summed E-state index contributed by atoms with van der Waals surface area (Å²) in [6, 6.07) is 0.675. The molecule has 0 aromatic rings. The van der Waals surface area contributed by atoms with E-state index >= 15 is 0 Å². The minimum absolute atomic E-state index is 0. The van der Waals surface area contributed by atoms with Gasteiger partial charge >= 0.3 is 5.97 Å². The Bertz CT molecular complexity index is 221. The molecule has 2 aliphatic rings. The Morgan fingerprint density at radius 3 is 2.25 bits per heavy atom. The average Bonchev–Trinajstić information content (AvgIpc) is 2.30. The van der Waals surface area contributed by atoms with Gasteiger partial charge in [-0.3, -0.25) is 4.79 Å². The molecule has 94 valence electrons. The molecular formula is C12H22ClNO2. The van der Waals surface area contributed by atoms with Gasteiger partial charge in [0, 0.05) is 6.04 Å². The fourth-order valence-electron chi connectivity index (χ4n) is 3.05. The third-order valence-corrected chi connectivity index (χ3v) is 4.04. The average molecular weight is 248 g/mol. The zero-order chi connectivity index (χ0) is 10.7. The van der Waals surface area contributed by atoms with E-state index in [1.807, 2.05) is 0 Å². The summed E-state index contributed by atoms with van der Waals surface area (Å²) in [5, 5.41) is 12.5. The molecule has 16 heavy (non-hydrogen) atoms. The number of carboxylic acids is 1. The van der Waals surface area contributed by atoms with Crippen molar-refractivity contribution in [1.29, 1.82) is 0 Å². The largest absolute Gasteiger partial charge is 0.481 e. The number of hydrogen-bond acceptors (Lipinski definition) is 2. The van der Waals surface area contributed by atoms with Crippen molar-refractivity contribution in [3.63, 3.8) is 0 Å². The number of nitrogens with one attached hydrogen (secondary N) is 1. The van der Waals surface area contributed by atoms with Gasteiger partial charge in [0.2, 0.25) is 0 Å². The molecule has 0 aromatic carbocycles. The third-order valence-electron chi connectivity index (χ3n) is 4.04. The molecule has 2 fully saturated rings. The Hall–Kier alpha value is -0.280. The molecule has 1 aliphatic carbocycles. The highest BCUT2D eigenvalue weighted by molar-refractivity contribution is 5.85. The highest BCUT2D eigenvalue weighted by Gasteiger charge is 2.30. The van der Waals surface area contributed by atoms with Crippen LogP contribution < -0.4 is 5.32 Å². The van der Waals surface area contributed by atoms with Crippen LogP contribution in [0.1, 0.15) is 44.9 Å². The van der Waals surface area contributed by atoms with E-state index in [4.69, 9.17) is 5.11 Å². The number of hydrogen-bond donors (Lipinski definition) is 2. The zero-order valence-corrected chi connectivity index (χ0v) is 10.5. The van der Waals surface area contributed by atoms with Crippen LogP contribution in [0.5, 0.6) is 0 Å². The molecule has 0 spiro atoms. The van der Waals surface area contributed by atoms with Crippen LogP contribution in [0.15, 0.2) is 0 Å². The van der Waals surface area contributed by atoms with Gasteiger partial charge in [-0.15, -0.1) is 12.4 Å². The maximum Gasteiger partial charge on any atom is 0.306 e. The first-order valence-electron chi connectivity index (χ1n) is 6.23. The molecule has 2 N–H and O–H groups in total. The number of rotatable bonds is 2. The molecule has 1 heterocycles. The lowest BCUT2D eigenvalue weighted by Gasteiger charge is -2.35. The van der Waals surface area contributed by atoms with E-state index in [0.29, 0.717) is 6.04 Å². The molecule has 1 unspecified atom stereocenters. The first-order valence-corrected chi connectivity index (χ1v) is 6.23. The second-order valence-electron chi connectivity index (χ2n) is 5.01. The van der Waals surface area contributed by atoms with Crippen molar-refractivity contribution >= 4 is 18.4 Å². The van der Waals surface area contributed by atoms with Crippen molar-refractivity contribution < 1.29 is 9.90 Å². The van der Waals surface area contributed by atoms with Crippen molar-refractivity contribution in [3.05, 3.63) is 0 Å². The van der Waals surface area contributed by atoms with Gasteiger partial charge in [-0.25, -0.2) is 0 Å². The van der Waals surface area contributed by atoms with E-state index in [1.165, 1.54) is 19.3 Å². The van der Waals surface area contributed by atoms with Crippen LogP contribution in [0.3, 0.4) is 0 Å². The topological polar surface area (TPSA) is 49.3 Å². The standard InChI is InChI=1S/C12H21NO2.ClH/c14-12(15)10-6-4-9(5-7-10)11-3-1-2-8-13-11;/h9-11,13H,1-8H2,(H,14,15);1H. The molecule has 4 heteroatoms. The van der Waals surface area contributed by atoms with Crippen LogP contribution in [0.4, 0.5) is 0 Å². The number of piperidine rings is 1. The smallest absolute Gasteiger partial charge is 0.306 e. The Morgan fingerprint density at radius 2 is 1.75 bits per heavy atom. The normalized spacial score (nSPS) is 35.1. The van der Waals surface area contributed by atoms with Crippen molar-refractivity contribution in [2.45, 2.75) is 51.0 Å². The molecule has 0 aromatic heterocycles. The molecule has 2 rings (SSSR count). The molecular weight excluding hydrogens is 226 g/mol. The lowest BCUT2D eigenvalue weighted by molar-refractivity contribution is -0.143. The Labute approximate surface area is 103 Å². The van der Waals surface area contributed by atoms with E-state index < -0.39 is 5.97 Å². The van der Waals surface area contributed by atoms with Gasteiger partial charge in [-0.2, -0.15) is 0 Å². The summed E-state index contributed by atoms with van der Waals surface area (Å²) in [5.74, 6) is 0.0794. The molecule has 1 atom stereocenters. The summed E-state index contributed by atoms with van der Waals surface area (Å²) in [6.45, 7) is 1.16. The Balaban J connectivity index is 0.00000128. The van der Waals surface area contributed by atoms with Gasteiger partial charge < -0.3 is 10.4 Å². The summed E-state index contributed by atoms with van der Waals surface area (Å²) < 4.78 is 0. The predicted molar refractivity (Wildman–Crippen MR) is 66.0 cm³/mol. The summed E-state index contributed by atoms with van der Waals surface area (Å²) in [7, 11) is 0. The first-order chi connectivity index (χ1) is 7.27. The molecule has 1 saturated carbocycles. The minimum atomic E-state index is -0.593. The number of carboxylic acid groups (broad SMARTS) is 1. The number of carbonyl (C=O) groups is 1. The quantitative estimate of drug-likeness (QED) is 0.788. The van der Waals surface area contributed by atoms with Crippen LogP contribution in [0.2, 0.25) is 0 Å². The monoisotopic (exact) mass is 247 g/mol. The minimum Gasteiger partial charge on any atom is -0.481 e. The van der Waals surface area contributed by atoms with E-state index in [1.54, 1.807) is 0 Å². The van der Waals surface area contributed by atoms with E-state index in [0.717, 1.165) is 38.1 Å². The van der Waals surface area contributed by atoms with Crippen molar-refractivity contribution in [3.8, 4) is 0 Å². The van der Waals surface area contributed by atoms with Crippen molar-refractivity contribution in [2.24, 2.45) is 11.8 Å². The van der Waals surface area contributed by atoms with Crippen LogP contribution in [0.25, 0.3) is 0 Å². The van der Waals surface area contributed by atoms with Crippen LogP contribution >= 0.6 is 12.4 Å². The van der Waals surface area contributed by atoms with Gasteiger partial charge in [0.1, 0.15) is 0 Å². The van der Waals surface area contributed by atoms with Crippen molar-refractivity contribution in [1.82, 2.24) is 5.32 Å². The van der Waals surface area contributed by atoms with E-state index in [9.17, 15) is 4.79 Å². The highest BCUT2D eigenvalue weighted by Crippen LogP contribution is 2.33. The maximum atomic E-state index is 10.8. The summed E-state index contributed by atoms with van der Waals surface area (Å²) in [6.07, 6.45) is 7.93. The molecule has 1 saturated heterocycles. The molecule has 1 aliphatic heterocycles. The third kappa shape index (κ3) is 3.36.